The average molecular weight is 260 g/mol. The number of fused-ring (bicyclic) bond motifs is 1. The number of nitrogens with one attached hydrogen (secondary N) is 1. The summed E-state index contributed by atoms with van der Waals surface area (Å²) in [4.78, 5) is 4.36. The van der Waals surface area contributed by atoms with Crippen LogP contribution >= 0.6 is 0 Å². The highest BCUT2D eigenvalue weighted by Gasteiger charge is 2.09. The van der Waals surface area contributed by atoms with E-state index in [2.05, 4.69) is 10.3 Å². The number of ether oxygens (including phenoxy) is 1. The zero-order valence-corrected chi connectivity index (χ0v) is 11.2. The summed E-state index contributed by atoms with van der Waals surface area (Å²) >= 11 is 0. The van der Waals surface area contributed by atoms with Gasteiger partial charge in [0.15, 0.2) is 0 Å². The fourth-order valence-electron chi connectivity index (χ4n) is 2.07. The number of likely N-dealkylation sites (N-methyl/N-ethyl adjacent to an activating group) is 1. The van der Waals surface area contributed by atoms with E-state index in [1.165, 1.54) is 0 Å². The number of aromatic nitrogens is 1. The number of aliphatic hydroxyl groups excluding tert-OH is 1. The highest BCUT2D eigenvalue weighted by molar-refractivity contribution is 5.84. The second-order valence-electron chi connectivity index (χ2n) is 4.41. The Morgan fingerprint density at radius 1 is 1.32 bits per heavy atom. The van der Waals surface area contributed by atoms with Crippen LogP contribution in [0.25, 0.3) is 10.9 Å². The molecule has 0 spiro atoms. The quantitative estimate of drug-likeness (QED) is 0.799. The number of pyridine rings is 1. The first-order valence-corrected chi connectivity index (χ1v) is 6.66. The lowest BCUT2D eigenvalue weighted by Gasteiger charge is -2.18. The van der Waals surface area contributed by atoms with Crippen molar-refractivity contribution < 1.29 is 9.84 Å². The number of benzene rings is 1. The van der Waals surface area contributed by atoms with Crippen LogP contribution in [-0.4, -0.2) is 35.9 Å². The predicted octanol–water partition coefficient (Wildman–Crippen LogP) is 1.97. The maximum absolute atomic E-state index is 9.02. The molecule has 0 aliphatic carbocycles. The Morgan fingerprint density at radius 2 is 2.16 bits per heavy atom. The summed E-state index contributed by atoms with van der Waals surface area (Å²) in [7, 11) is 0. The highest BCUT2D eigenvalue weighted by atomic mass is 16.5. The smallest absolute Gasteiger partial charge is 0.145 e. The largest absolute Gasteiger partial charge is 0.490 e. The second-order valence-corrected chi connectivity index (χ2v) is 4.41. The first kappa shape index (κ1) is 13.8. The van der Waals surface area contributed by atoms with Crippen LogP contribution < -0.4 is 10.1 Å². The molecule has 1 aromatic carbocycles. The molecular formula is C15H20N2O2. The molecule has 4 nitrogen and oxygen atoms in total. The van der Waals surface area contributed by atoms with E-state index in [4.69, 9.17) is 9.84 Å². The summed E-state index contributed by atoms with van der Waals surface area (Å²) in [6.45, 7) is 3.60. The van der Waals surface area contributed by atoms with E-state index < -0.39 is 0 Å². The van der Waals surface area contributed by atoms with Gasteiger partial charge < -0.3 is 15.2 Å². The van der Waals surface area contributed by atoms with Gasteiger partial charge in [0.2, 0.25) is 0 Å². The lowest BCUT2D eigenvalue weighted by Crippen LogP contribution is -2.35. The third kappa shape index (κ3) is 3.66. The minimum absolute atomic E-state index is 0.161. The number of rotatable bonds is 7. The Bertz CT molecular complexity index is 505. The van der Waals surface area contributed by atoms with Gasteiger partial charge in [0.25, 0.3) is 0 Å². The fraction of sp³-hybridized carbons (Fsp3) is 0.400. The highest BCUT2D eigenvalue weighted by Crippen LogP contribution is 2.23. The second kappa shape index (κ2) is 7.07. The van der Waals surface area contributed by atoms with Crippen LogP contribution in [0.1, 0.15) is 13.3 Å². The Balaban J connectivity index is 2.08. The van der Waals surface area contributed by atoms with Crippen molar-refractivity contribution in [1.82, 2.24) is 10.3 Å². The molecule has 0 saturated carbocycles. The van der Waals surface area contributed by atoms with Gasteiger partial charge in [-0.15, -0.1) is 0 Å². The molecule has 102 valence electrons. The third-order valence-corrected chi connectivity index (χ3v) is 3.01. The molecule has 0 fully saturated rings. The normalized spacial score (nSPS) is 12.5. The summed E-state index contributed by atoms with van der Waals surface area (Å²) in [5.74, 6) is 0.791. The van der Waals surface area contributed by atoms with E-state index >= 15 is 0 Å². The molecule has 0 amide bonds. The molecule has 0 aliphatic rings. The van der Waals surface area contributed by atoms with Gasteiger partial charge in [-0.2, -0.15) is 0 Å². The van der Waals surface area contributed by atoms with E-state index in [-0.39, 0.29) is 12.6 Å². The lowest BCUT2D eigenvalue weighted by atomic mass is 10.2. The number of para-hydroxylation sites is 1. The molecule has 2 aromatic rings. The van der Waals surface area contributed by atoms with E-state index in [9.17, 15) is 0 Å². The predicted molar refractivity (Wildman–Crippen MR) is 76.4 cm³/mol. The molecule has 0 bridgehead atoms. The van der Waals surface area contributed by atoms with Gasteiger partial charge in [-0.05, 0) is 25.1 Å². The van der Waals surface area contributed by atoms with Crippen LogP contribution in [0.4, 0.5) is 0 Å². The summed E-state index contributed by atoms with van der Waals surface area (Å²) in [6.07, 6.45) is 2.46. The summed E-state index contributed by atoms with van der Waals surface area (Å²) in [5, 5.41) is 13.4. The lowest BCUT2D eigenvalue weighted by molar-refractivity contribution is 0.216. The summed E-state index contributed by atoms with van der Waals surface area (Å²) in [5.41, 5.74) is 0.879. The standard InChI is InChI=1S/C15H20N2O2/c1-2-16-13(8-10-18)11-19-14-7-3-5-12-6-4-9-17-15(12)14/h3-7,9,13,16,18H,2,8,10-11H2,1H3. The van der Waals surface area contributed by atoms with E-state index in [1.807, 2.05) is 37.3 Å². The molecular weight excluding hydrogens is 240 g/mol. The van der Waals surface area contributed by atoms with Crippen molar-refractivity contribution in [2.45, 2.75) is 19.4 Å². The average Bonchev–Trinajstić information content (AvgIpc) is 2.45. The first-order chi connectivity index (χ1) is 9.35. The molecule has 2 rings (SSSR count). The van der Waals surface area contributed by atoms with Crippen LogP contribution in [0.15, 0.2) is 36.5 Å². The maximum Gasteiger partial charge on any atom is 0.145 e. The Morgan fingerprint density at radius 3 is 2.95 bits per heavy atom. The monoisotopic (exact) mass is 260 g/mol. The molecule has 0 aliphatic heterocycles. The van der Waals surface area contributed by atoms with Crippen LogP contribution in [0.3, 0.4) is 0 Å². The van der Waals surface area contributed by atoms with Crippen molar-refractivity contribution in [3.63, 3.8) is 0 Å². The van der Waals surface area contributed by atoms with Crippen molar-refractivity contribution in [1.29, 1.82) is 0 Å². The molecule has 0 radical (unpaired) electrons. The molecule has 0 saturated heterocycles. The third-order valence-electron chi connectivity index (χ3n) is 3.01. The van der Waals surface area contributed by atoms with Crippen LogP contribution in [0.2, 0.25) is 0 Å². The zero-order chi connectivity index (χ0) is 13.5. The van der Waals surface area contributed by atoms with Gasteiger partial charge in [-0.25, -0.2) is 0 Å². The Hall–Kier alpha value is -1.65. The van der Waals surface area contributed by atoms with Crippen molar-refractivity contribution in [2.75, 3.05) is 19.8 Å². The van der Waals surface area contributed by atoms with Gasteiger partial charge in [0.05, 0.1) is 0 Å². The van der Waals surface area contributed by atoms with Gasteiger partial charge in [0.1, 0.15) is 17.9 Å². The first-order valence-electron chi connectivity index (χ1n) is 6.66. The number of nitrogens with zero attached hydrogens (tertiary/aromatic N) is 1. The minimum atomic E-state index is 0.161. The van der Waals surface area contributed by atoms with Gasteiger partial charge in [0, 0.05) is 24.2 Å². The molecule has 2 N–H and O–H groups in total. The van der Waals surface area contributed by atoms with E-state index in [1.54, 1.807) is 6.20 Å². The number of hydrogen-bond acceptors (Lipinski definition) is 4. The SMILES string of the molecule is CCNC(CCO)COc1cccc2cccnc12. The van der Waals surface area contributed by atoms with Gasteiger partial charge in [-0.3, -0.25) is 4.98 Å². The molecule has 1 unspecified atom stereocenters. The van der Waals surface area contributed by atoms with E-state index in [0.717, 1.165) is 23.2 Å². The Kier molecular flexibility index (Phi) is 5.12. The molecule has 19 heavy (non-hydrogen) atoms. The molecule has 4 heteroatoms. The molecule has 1 aromatic heterocycles. The molecule has 1 heterocycles. The van der Waals surface area contributed by atoms with Crippen molar-refractivity contribution >= 4 is 10.9 Å². The van der Waals surface area contributed by atoms with Crippen LogP contribution in [0.5, 0.6) is 5.75 Å². The fourth-order valence-corrected chi connectivity index (χ4v) is 2.07. The minimum Gasteiger partial charge on any atom is -0.490 e. The maximum atomic E-state index is 9.02. The Labute approximate surface area is 113 Å². The van der Waals surface area contributed by atoms with Crippen LogP contribution in [0, 0.1) is 0 Å². The van der Waals surface area contributed by atoms with Crippen molar-refractivity contribution in [3.8, 4) is 5.75 Å². The topological polar surface area (TPSA) is 54.4 Å². The summed E-state index contributed by atoms with van der Waals surface area (Å²) < 4.78 is 5.85. The van der Waals surface area contributed by atoms with E-state index in [0.29, 0.717) is 13.0 Å². The zero-order valence-electron chi connectivity index (χ0n) is 11.2. The number of aliphatic hydroxyl groups is 1. The number of hydrogen-bond donors (Lipinski definition) is 2. The van der Waals surface area contributed by atoms with Gasteiger partial charge >= 0.3 is 0 Å². The summed E-state index contributed by atoms with van der Waals surface area (Å²) in [6, 6.07) is 10.0. The van der Waals surface area contributed by atoms with Crippen LogP contribution in [-0.2, 0) is 0 Å². The van der Waals surface area contributed by atoms with Gasteiger partial charge in [-0.1, -0.05) is 25.1 Å². The van der Waals surface area contributed by atoms with Crippen molar-refractivity contribution in [3.05, 3.63) is 36.5 Å². The molecule has 1 atom stereocenters. The van der Waals surface area contributed by atoms with Crippen molar-refractivity contribution in [2.24, 2.45) is 0 Å².